The molecule has 1 heterocycles. The lowest BCUT2D eigenvalue weighted by Gasteiger charge is -2.12. The zero-order chi connectivity index (χ0) is 12.7. The average Bonchev–Trinajstić information content (AvgIpc) is 2.30. The minimum Gasteiger partial charge on any atom is -0.304 e. The molecule has 17 heavy (non-hydrogen) atoms. The van der Waals surface area contributed by atoms with Crippen LogP contribution in [0.2, 0.25) is 5.02 Å². The Hall–Kier alpha value is -1.33. The second-order valence-corrected chi connectivity index (χ2v) is 3.93. The Morgan fingerprint density at radius 2 is 2.29 bits per heavy atom. The van der Waals surface area contributed by atoms with Gasteiger partial charge < -0.3 is 5.32 Å². The molecular weight excluding hydrogens is 242 g/mol. The number of unbranched alkanes of at least 4 members (excludes halogenated alkanes) is 1. The lowest BCUT2D eigenvalue weighted by atomic mass is 10.1. The van der Waals surface area contributed by atoms with Crippen LogP contribution in [-0.2, 0) is 11.3 Å². The van der Waals surface area contributed by atoms with Crippen molar-refractivity contribution in [1.29, 1.82) is 0 Å². The van der Waals surface area contributed by atoms with Gasteiger partial charge in [-0.3, -0.25) is 9.82 Å². The second-order valence-electron chi connectivity index (χ2n) is 3.52. The van der Waals surface area contributed by atoms with E-state index >= 15 is 0 Å². The maximum absolute atomic E-state index is 11.4. The molecule has 94 valence electrons. The zero-order valence-corrected chi connectivity index (χ0v) is 10.7. The molecule has 0 saturated carbocycles. The van der Waals surface area contributed by atoms with Gasteiger partial charge in [-0.25, -0.2) is 10.3 Å². The third-order valence-electron chi connectivity index (χ3n) is 2.21. The van der Waals surface area contributed by atoms with Crippen molar-refractivity contribution in [1.82, 2.24) is 10.5 Å². The van der Waals surface area contributed by atoms with Crippen LogP contribution in [0.3, 0.4) is 0 Å². The first-order valence-electron chi connectivity index (χ1n) is 5.41. The summed E-state index contributed by atoms with van der Waals surface area (Å²) in [6, 6.07) is -0.460. The van der Waals surface area contributed by atoms with Crippen molar-refractivity contribution in [2.24, 2.45) is 0 Å². The van der Waals surface area contributed by atoms with Crippen LogP contribution < -0.4 is 10.8 Å². The van der Waals surface area contributed by atoms with Gasteiger partial charge in [0.2, 0.25) is 0 Å². The number of carbonyl (C=O) groups excluding carboxylic acids is 1. The van der Waals surface area contributed by atoms with Crippen LogP contribution in [0.25, 0.3) is 0 Å². The lowest BCUT2D eigenvalue weighted by molar-refractivity contribution is 0.114. The molecule has 2 amide bonds. The van der Waals surface area contributed by atoms with Gasteiger partial charge in [0.05, 0.1) is 17.8 Å². The van der Waals surface area contributed by atoms with Crippen molar-refractivity contribution in [3.8, 4) is 0 Å². The van der Waals surface area contributed by atoms with Crippen molar-refractivity contribution in [2.75, 3.05) is 12.4 Å². The molecule has 0 aromatic carbocycles. The molecule has 1 aromatic heterocycles. The van der Waals surface area contributed by atoms with Crippen molar-refractivity contribution in [2.45, 2.75) is 26.2 Å². The number of pyridine rings is 1. The monoisotopic (exact) mass is 257 g/mol. The lowest BCUT2D eigenvalue weighted by Crippen LogP contribution is -2.28. The highest BCUT2D eigenvalue weighted by Crippen LogP contribution is 2.25. The molecule has 6 heteroatoms. The first-order chi connectivity index (χ1) is 8.19. The smallest absolute Gasteiger partial charge is 0.304 e. The molecule has 0 aliphatic heterocycles. The number of hydrogen-bond acceptors (Lipinski definition) is 3. The summed E-state index contributed by atoms with van der Waals surface area (Å²) < 4.78 is 0. The van der Waals surface area contributed by atoms with Crippen molar-refractivity contribution >= 4 is 23.3 Å². The molecule has 0 aliphatic carbocycles. The Balaban J connectivity index is 2.83. The summed E-state index contributed by atoms with van der Waals surface area (Å²) in [5, 5.41) is 3.06. The van der Waals surface area contributed by atoms with Crippen LogP contribution in [0.4, 0.5) is 10.5 Å². The fourth-order valence-electron chi connectivity index (χ4n) is 1.40. The van der Waals surface area contributed by atoms with E-state index in [0.717, 1.165) is 24.8 Å². The Morgan fingerprint density at radius 1 is 1.53 bits per heavy atom. The van der Waals surface area contributed by atoms with Crippen LogP contribution >= 0.6 is 11.6 Å². The van der Waals surface area contributed by atoms with E-state index in [1.54, 1.807) is 6.20 Å². The van der Waals surface area contributed by atoms with Gasteiger partial charge in [0.15, 0.2) is 0 Å². The number of rotatable bonds is 5. The van der Waals surface area contributed by atoms with Crippen molar-refractivity contribution < 1.29 is 9.63 Å². The van der Waals surface area contributed by atoms with Crippen LogP contribution in [0, 0.1) is 0 Å². The number of aromatic nitrogens is 1. The Labute approximate surface area is 105 Å². The number of nitrogens with one attached hydrogen (secondary N) is 2. The fraction of sp³-hybridized carbons (Fsp3) is 0.455. The molecule has 0 aliphatic rings. The Morgan fingerprint density at radius 3 is 2.94 bits per heavy atom. The predicted molar refractivity (Wildman–Crippen MR) is 67.0 cm³/mol. The maximum atomic E-state index is 11.4. The summed E-state index contributed by atoms with van der Waals surface area (Å²) in [4.78, 5) is 19.9. The summed E-state index contributed by atoms with van der Waals surface area (Å²) in [5.41, 5.74) is 3.68. The van der Waals surface area contributed by atoms with E-state index in [4.69, 9.17) is 11.6 Å². The first-order valence-corrected chi connectivity index (χ1v) is 5.79. The van der Waals surface area contributed by atoms with Gasteiger partial charge in [0.1, 0.15) is 0 Å². The number of amides is 2. The Kier molecular flexibility index (Phi) is 5.72. The highest BCUT2D eigenvalue weighted by atomic mass is 35.5. The van der Waals surface area contributed by atoms with Gasteiger partial charge in [-0.1, -0.05) is 24.9 Å². The van der Waals surface area contributed by atoms with Crippen LogP contribution in [0.15, 0.2) is 12.4 Å². The number of anilines is 1. The van der Waals surface area contributed by atoms with E-state index in [1.165, 1.54) is 13.3 Å². The molecule has 0 atom stereocenters. The molecule has 0 bridgehead atoms. The molecule has 1 rings (SSSR count). The Bertz CT molecular complexity index is 385. The molecule has 0 unspecified atom stereocenters. The van der Waals surface area contributed by atoms with E-state index in [9.17, 15) is 4.79 Å². The molecule has 0 spiro atoms. The van der Waals surface area contributed by atoms with Gasteiger partial charge in [0, 0.05) is 12.4 Å². The number of aryl methyl sites for hydroxylation is 1. The molecule has 0 radical (unpaired) electrons. The summed E-state index contributed by atoms with van der Waals surface area (Å²) in [6.07, 6.45) is 6.12. The van der Waals surface area contributed by atoms with Gasteiger partial charge in [-0.05, 0) is 18.4 Å². The number of halogens is 1. The summed E-state index contributed by atoms with van der Waals surface area (Å²) in [6.45, 7) is 2.10. The zero-order valence-electron chi connectivity index (χ0n) is 9.92. The third-order valence-corrected chi connectivity index (χ3v) is 2.50. The minimum absolute atomic E-state index is 0.421. The number of nitrogens with zero attached hydrogens (tertiary/aromatic N) is 1. The highest BCUT2D eigenvalue weighted by molar-refractivity contribution is 6.33. The second kappa shape index (κ2) is 7.09. The van der Waals surface area contributed by atoms with E-state index in [2.05, 4.69) is 27.5 Å². The fourth-order valence-corrected chi connectivity index (χ4v) is 1.63. The van der Waals surface area contributed by atoms with E-state index < -0.39 is 6.03 Å². The standard InChI is InChI=1S/C11H16ClN3O2/c1-3-4-5-8-6-13-7-9(12)10(8)14-11(16)15-17-2/h6-7H,3-5H2,1-2H3,(H2,13,14,15,16). The van der Waals surface area contributed by atoms with E-state index in [0.29, 0.717) is 10.7 Å². The van der Waals surface area contributed by atoms with Crippen LogP contribution in [0.1, 0.15) is 25.3 Å². The van der Waals surface area contributed by atoms with Crippen molar-refractivity contribution in [3.05, 3.63) is 23.0 Å². The third kappa shape index (κ3) is 4.20. The first kappa shape index (κ1) is 13.7. The largest absolute Gasteiger partial charge is 0.343 e. The maximum Gasteiger partial charge on any atom is 0.343 e. The number of hydrogen-bond donors (Lipinski definition) is 2. The van der Waals surface area contributed by atoms with Gasteiger partial charge >= 0.3 is 6.03 Å². The molecular formula is C11H16ClN3O2. The summed E-state index contributed by atoms with van der Waals surface area (Å²) in [7, 11) is 1.37. The normalized spacial score (nSPS) is 10.1. The van der Waals surface area contributed by atoms with Gasteiger partial charge in [-0.2, -0.15) is 0 Å². The number of hydroxylamine groups is 1. The minimum atomic E-state index is -0.460. The summed E-state index contributed by atoms with van der Waals surface area (Å²) >= 11 is 6.01. The number of urea groups is 1. The molecule has 1 aromatic rings. The quantitative estimate of drug-likeness (QED) is 0.798. The topological polar surface area (TPSA) is 63.2 Å². The van der Waals surface area contributed by atoms with Gasteiger partial charge in [-0.15, -0.1) is 0 Å². The van der Waals surface area contributed by atoms with E-state index in [1.807, 2.05) is 0 Å². The molecule has 0 saturated heterocycles. The number of carbonyl (C=O) groups is 1. The predicted octanol–water partition coefficient (Wildman–Crippen LogP) is 2.76. The van der Waals surface area contributed by atoms with E-state index in [-0.39, 0.29) is 0 Å². The average molecular weight is 258 g/mol. The SMILES string of the molecule is CCCCc1cncc(Cl)c1NC(=O)NOC. The van der Waals surface area contributed by atoms with Crippen molar-refractivity contribution in [3.63, 3.8) is 0 Å². The molecule has 2 N–H and O–H groups in total. The molecule has 0 fully saturated rings. The van der Waals surface area contributed by atoms with Crippen LogP contribution in [0.5, 0.6) is 0 Å². The van der Waals surface area contributed by atoms with Gasteiger partial charge in [0.25, 0.3) is 0 Å². The molecule has 5 nitrogen and oxygen atoms in total. The summed E-state index contributed by atoms with van der Waals surface area (Å²) in [5.74, 6) is 0. The van der Waals surface area contributed by atoms with Crippen LogP contribution in [-0.4, -0.2) is 18.1 Å². The highest BCUT2D eigenvalue weighted by Gasteiger charge is 2.10.